The maximum absolute atomic E-state index is 11.7. The predicted octanol–water partition coefficient (Wildman–Crippen LogP) is 2.66. The van der Waals surface area contributed by atoms with Crippen molar-refractivity contribution in [2.24, 2.45) is 0 Å². The molecule has 2 rings (SSSR count). The van der Waals surface area contributed by atoms with Crippen LogP contribution >= 0.6 is 0 Å². The van der Waals surface area contributed by atoms with Crippen molar-refractivity contribution in [2.75, 3.05) is 0 Å². The number of non-ortho nitro benzene ring substituents is 1. The van der Waals surface area contributed by atoms with Crippen LogP contribution in [0.2, 0.25) is 0 Å². The highest BCUT2D eigenvalue weighted by atomic mass is 16.6. The Morgan fingerprint density at radius 2 is 1.90 bits per heavy atom. The van der Waals surface area contributed by atoms with E-state index < -0.39 is 10.9 Å². The number of phenolic OH excluding ortho intramolecular Hbond substituents is 1. The number of rotatable bonds is 4. The van der Waals surface area contributed by atoms with Gasteiger partial charge < -0.3 is 9.84 Å². The number of aromatic hydroxyl groups is 1. The molecule has 0 amide bonds. The molecule has 20 heavy (non-hydrogen) atoms. The average molecular weight is 273 g/mol. The zero-order valence-electron chi connectivity index (χ0n) is 10.4. The van der Waals surface area contributed by atoms with Crippen LogP contribution in [0.5, 0.6) is 5.75 Å². The van der Waals surface area contributed by atoms with Crippen LogP contribution in [0.4, 0.5) is 5.69 Å². The van der Waals surface area contributed by atoms with E-state index in [0.717, 1.165) is 0 Å². The molecule has 102 valence electrons. The lowest BCUT2D eigenvalue weighted by Crippen LogP contribution is -2.05. The second-order valence-electron chi connectivity index (χ2n) is 4.05. The SMILES string of the molecule is O=C(OCc1cccc([N+](=O)[O-])c1)c1ccc(O)cc1. The summed E-state index contributed by atoms with van der Waals surface area (Å²) in [5.41, 5.74) is 0.780. The molecule has 0 unspecified atom stereocenters. The Balaban J connectivity index is 2.01. The second-order valence-corrected chi connectivity index (χ2v) is 4.05. The average Bonchev–Trinajstić information content (AvgIpc) is 2.46. The Bertz CT molecular complexity index is 636. The molecule has 0 aliphatic heterocycles. The lowest BCUT2D eigenvalue weighted by Gasteiger charge is -2.05. The third-order valence-electron chi connectivity index (χ3n) is 2.59. The van der Waals surface area contributed by atoms with Gasteiger partial charge in [-0.05, 0) is 29.8 Å². The Morgan fingerprint density at radius 1 is 1.20 bits per heavy atom. The largest absolute Gasteiger partial charge is 0.508 e. The number of ether oxygens (including phenoxy) is 1. The smallest absolute Gasteiger partial charge is 0.338 e. The lowest BCUT2D eigenvalue weighted by atomic mass is 10.2. The van der Waals surface area contributed by atoms with Gasteiger partial charge >= 0.3 is 5.97 Å². The first kappa shape index (κ1) is 13.5. The Morgan fingerprint density at radius 3 is 2.55 bits per heavy atom. The number of nitro groups is 1. The zero-order chi connectivity index (χ0) is 14.5. The van der Waals surface area contributed by atoms with E-state index in [-0.39, 0.29) is 18.0 Å². The van der Waals surface area contributed by atoms with Crippen molar-refractivity contribution < 1.29 is 19.6 Å². The summed E-state index contributed by atoms with van der Waals surface area (Å²) in [4.78, 5) is 21.8. The molecule has 6 nitrogen and oxygen atoms in total. The minimum atomic E-state index is -0.559. The molecule has 0 radical (unpaired) electrons. The number of hydrogen-bond donors (Lipinski definition) is 1. The van der Waals surface area contributed by atoms with Crippen LogP contribution in [-0.4, -0.2) is 16.0 Å². The molecule has 0 bridgehead atoms. The minimum Gasteiger partial charge on any atom is -0.508 e. The van der Waals surface area contributed by atoms with Crippen molar-refractivity contribution in [3.63, 3.8) is 0 Å². The fourth-order valence-corrected chi connectivity index (χ4v) is 1.59. The molecule has 2 aromatic carbocycles. The van der Waals surface area contributed by atoms with E-state index in [0.29, 0.717) is 11.1 Å². The first-order valence-corrected chi connectivity index (χ1v) is 5.76. The number of hydrogen-bond acceptors (Lipinski definition) is 5. The van der Waals surface area contributed by atoms with Gasteiger partial charge in [0.2, 0.25) is 0 Å². The highest BCUT2D eigenvalue weighted by Crippen LogP contribution is 2.15. The van der Waals surface area contributed by atoms with Crippen molar-refractivity contribution in [1.82, 2.24) is 0 Å². The van der Waals surface area contributed by atoms with Gasteiger partial charge in [-0.3, -0.25) is 10.1 Å². The standard InChI is InChI=1S/C14H11NO5/c16-13-6-4-11(5-7-13)14(17)20-9-10-2-1-3-12(8-10)15(18)19/h1-8,16H,9H2. The van der Waals surface area contributed by atoms with E-state index in [2.05, 4.69) is 0 Å². The van der Waals surface area contributed by atoms with E-state index in [1.54, 1.807) is 6.07 Å². The monoisotopic (exact) mass is 273 g/mol. The molecule has 1 N–H and O–H groups in total. The Kier molecular flexibility index (Phi) is 3.95. The summed E-state index contributed by atoms with van der Waals surface area (Å²) in [5, 5.41) is 19.7. The second kappa shape index (κ2) is 5.83. The number of phenols is 1. The Labute approximate surface area is 114 Å². The van der Waals surface area contributed by atoms with Crippen LogP contribution in [0, 0.1) is 10.1 Å². The van der Waals surface area contributed by atoms with Crippen LogP contribution in [0.15, 0.2) is 48.5 Å². The molecule has 0 saturated heterocycles. The Hall–Kier alpha value is -2.89. The van der Waals surface area contributed by atoms with Gasteiger partial charge in [0, 0.05) is 12.1 Å². The third-order valence-corrected chi connectivity index (χ3v) is 2.59. The van der Waals surface area contributed by atoms with Gasteiger partial charge in [-0.25, -0.2) is 4.79 Å². The van der Waals surface area contributed by atoms with Crippen molar-refractivity contribution >= 4 is 11.7 Å². The minimum absolute atomic E-state index is 0.0526. The van der Waals surface area contributed by atoms with Crippen molar-refractivity contribution in [3.05, 3.63) is 69.8 Å². The van der Waals surface area contributed by atoms with Crippen LogP contribution in [0.1, 0.15) is 15.9 Å². The molecule has 0 aliphatic carbocycles. The number of carbonyl (C=O) groups is 1. The summed E-state index contributed by atoms with van der Waals surface area (Å²) in [6.45, 7) is -0.0542. The van der Waals surface area contributed by atoms with Gasteiger partial charge in [-0.1, -0.05) is 12.1 Å². The van der Waals surface area contributed by atoms with Crippen LogP contribution in [0.25, 0.3) is 0 Å². The summed E-state index contributed by atoms with van der Waals surface area (Å²) in [5.74, 6) is -0.503. The third kappa shape index (κ3) is 3.32. The molecule has 2 aromatic rings. The number of nitro benzene ring substituents is 1. The van der Waals surface area contributed by atoms with E-state index in [1.807, 2.05) is 0 Å². The first-order valence-electron chi connectivity index (χ1n) is 5.76. The lowest BCUT2D eigenvalue weighted by molar-refractivity contribution is -0.384. The van der Waals surface area contributed by atoms with E-state index in [9.17, 15) is 14.9 Å². The van der Waals surface area contributed by atoms with Crippen molar-refractivity contribution in [2.45, 2.75) is 6.61 Å². The van der Waals surface area contributed by atoms with E-state index in [1.165, 1.54) is 42.5 Å². The van der Waals surface area contributed by atoms with Crippen LogP contribution in [-0.2, 0) is 11.3 Å². The van der Waals surface area contributed by atoms with Crippen LogP contribution < -0.4 is 0 Å². The molecule has 0 aliphatic rings. The molecule has 0 saturated carbocycles. The number of carbonyl (C=O) groups excluding carboxylic acids is 1. The topological polar surface area (TPSA) is 89.7 Å². The zero-order valence-corrected chi connectivity index (χ0v) is 10.4. The molecular weight excluding hydrogens is 262 g/mol. The molecule has 0 heterocycles. The quantitative estimate of drug-likeness (QED) is 0.525. The fourth-order valence-electron chi connectivity index (χ4n) is 1.59. The summed E-state index contributed by atoms with van der Waals surface area (Å²) in [7, 11) is 0. The summed E-state index contributed by atoms with van der Waals surface area (Å²) >= 11 is 0. The maximum atomic E-state index is 11.7. The highest BCUT2D eigenvalue weighted by molar-refractivity contribution is 5.89. The van der Waals surface area contributed by atoms with E-state index >= 15 is 0 Å². The van der Waals surface area contributed by atoms with Crippen LogP contribution in [0.3, 0.4) is 0 Å². The van der Waals surface area contributed by atoms with Gasteiger partial charge in [-0.15, -0.1) is 0 Å². The molecule has 0 atom stereocenters. The summed E-state index contributed by atoms with van der Waals surface area (Å²) < 4.78 is 5.05. The fraction of sp³-hybridized carbons (Fsp3) is 0.0714. The van der Waals surface area contributed by atoms with Gasteiger partial charge in [-0.2, -0.15) is 0 Å². The molecule has 0 fully saturated rings. The number of benzene rings is 2. The van der Waals surface area contributed by atoms with Gasteiger partial charge in [0.05, 0.1) is 10.5 Å². The molecule has 0 aromatic heterocycles. The number of esters is 1. The van der Waals surface area contributed by atoms with Gasteiger partial charge in [0.15, 0.2) is 0 Å². The van der Waals surface area contributed by atoms with Gasteiger partial charge in [0.25, 0.3) is 5.69 Å². The summed E-state index contributed by atoms with van der Waals surface area (Å²) in [6, 6.07) is 11.5. The predicted molar refractivity (Wildman–Crippen MR) is 70.3 cm³/mol. The first-order chi connectivity index (χ1) is 9.56. The molecular formula is C14H11NO5. The van der Waals surface area contributed by atoms with E-state index in [4.69, 9.17) is 9.84 Å². The van der Waals surface area contributed by atoms with Crippen molar-refractivity contribution in [1.29, 1.82) is 0 Å². The van der Waals surface area contributed by atoms with Crippen molar-refractivity contribution in [3.8, 4) is 5.75 Å². The van der Waals surface area contributed by atoms with Gasteiger partial charge in [0.1, 0.15) is 12.4 Å². The molecule has 0 spiro atoms. The maximum Gasteiger partial charge on any atom is 0.338 e. The normalized spacial score (nSPS) is 10.0. The highest BCUT2D eigenvalue weighted by Gasteiger charge is 2.09. The molecule has 6 heteroatoms. The summed E-state index contributed by atoms with van der Waals surface area (Å²) in [6.07, 6.45) is 0. The number of nitrogens with zero attached hydrogens (tertiary/aromatic N) is 1.